The van der Waals surface area contributed by atoms with Crippen LogP contribution in [0.5, 0.6) is 0 Å². The minimum Gasteiger partial charge on any atom is -0.462 e. The van der Waals surface area contributed by atoms with E-state index in [1.165, 1.54) is 205 Å². The van der Waals surface area contributed by atoms with Crippen LogP contribution >= 0.6 is 0 Å². The smallest absolute Gasteiger partial charge is 0.306 e. The molecule has 1 aliphatic rings. The third-order valence-corrected chi connectivity index (χ3v) is 13.8. The highest BCUT2D eigenvalue weighted by molar-refractivity contribution is 5.70. The van der Waals surface area contributed by atoms with Gasteiger partial charge in [0.1, 0.15) is 31.0 Å². The Hall–Kier alpha value is -1.82. The molecule has 0 spiro atoms. The lowest BCUT2D eigenvalue weighted by atomic mass is 9.99. The fourth-order valence-electron chi connectivity index (χ4n) is 9.21. The average Bonchev–Trinajstić information content (AvgIpc) is 3.35. The van der Waals surface area contributed by atoms with Gasteiger partial charge in [-0.25, -0.2) is 0 Å². The molecule has 10 heteroatoms. The van der Waals surface area contributed by atoms with Gasteiger partial charge in [-0.2, -0.15) is 0 Å². The van der Waals surface area contributed by atoms with Crippen LogP contribution in [0, 0.1) is 0 Å². The Morgan fingerprint density at radius 2 is 0.797 bits per heavy atom. The summed E-state index contributed by atoms with van der Waals surface area (Å²) in [5.74, 6) is -0.839. The Morgan fingerprint density at radius 1 is 0.435 bits per heavy atom. The van der Waals surface area contributed by atoms with Gasteiger partial charge in [0.2, 0.25) is 0 Å². The molecule has 1 heterocycles. The van der Waals surface area contributed by atoms with Crippen molar-refractivity contribution in [3.05, 3.63) is 24.3 Å². The molecule has 0 aliphatic carbocycles. The van der Waals surface area contributed by atoms with Gasteiger partial charge in [0, 0.05) is 12.8 Å². The van der Waals surface area contributed by atoms with Crippen molar-refractivity contribution >= 4 is 11.9 Å². The molecule has 406 valence electrons. The summed E-state index contributed by atoms with van der Waals surface area (Å²) in [7, 11) is 0. The number of allylic oxidation sites excluding steroid dienone is 4. The Morgan fingerprint density at radius 3 is 1.22 bits per heavy atom. The summed E-state index contributed by atoms with van der Waals surface area (Å²) in [6.45, 7) is 3.45. The molecule has 1 saturated heterocycles. The first-order valence-electron chi connectivity index (χ1n) is 29.4. The second kappa shape index (κ2) is 49.7. The van der Waals surface area contributed by atoms with Crippen LogP contribution in [-0.2, 0) is 28.5 Å². The van der Waals surface area contributed by atoms with E-state index in [4.69, 9.17) is 18.9 Å². The molecule has 0 saturated carbocycles. The molecule has 0 amide bonds. The Kier molecular flexibility index (Phi) is 47.0. The van der Waals surface area contributed by atoms with Crippen LogP contribution < -0.4 is 0 Å². The predicted octanol–water partition coefficient (Wildman–Crippen LogP) is 14.8. The average molecular weight is 980 g/mol. The highest BCUT2D eigenvalue weighted by atomic mass is 16.7. The second-order valence-corrected chi connectivity index (χ2v) is 20.4. The van der Waals surface area contributed by atoms with Crippen molar-refractivity contribution in [2.45, 2.75) is 320 Å². The molecule has 0 aromatic carbocycles. The molecular weight excluding hydrogens is 869 g/mol. The zero-order valence-electron chi connectivity index (χ0n) is 44.8. The first-order chi connectivity index (χ1) is 33.8. The van der Waals surface area contributed by atoms with Gasteiger partial charge in [-0.05, 0) is 44.9 Å². The highest BCUT2D eigenvalue weighted by Gasteiger charge is 2.44. The van der Waals surface area contributed by atoms with Gasteiger partial charge in [-0.1, -0.05) is 250 Å². The molecule has 1 fully saturated rings. The molecule has 0 bridgehead atoms. The summed E-state index contributed by atoms with van der Waals surface area (Å²) in [5.41, 5.74) is 0. The maximum Gasteiger partial charge on any atom is 0.306 e. The number of aliphatic hydroxyl groups excluding tert-OH is 4. The lowest BCUT2D eigenvalue weighted by Crippen LogP contribution is -2.59. The van der Waals surface area contributed by atoms with Gasteiger partial charge in [0.15, 0.2) is 12.4 Å². The van der Waals surface area contributed by atoms with Crippen LogP contribution in [0.4, 0.5) is 0 Å². The number of esters is 2. The number of hydrogen-bond donors (Lipinski definition) is 4. The molecule has 6 atom stereocenters. The number of unbranched alkanes of at least 4 members (excludes halogenated alkanes) is 36. The largest absolute Gasteiger partial charge is 0.462 e. The Balaban J connectivity index is 2.21. The van der Waals surface area contributed by atoms with E-state index >= 15 is 0 Å². The molecule has 2 unspecified atom stereocenters. The molecule has 1 rings (SSSR count). The Bertz CT molecular complexity index is 1180. The number of hydrogen-bond acceptors (Lipinski definition) is 10. The van der Waals surface area contributed by atoms with Crippen molar-refractivity contribution in [1.29, 1.82) is 0 Å². The van der Waals surface area contributed by atoms with E-state index in [-0.39, 0.29) is 32.0 Å². The molecular formula is C59H110O10. The van der Waals surface area contributed by atoms with Crippen LogP contribution in [0.3, 0.4) is 0 Å². The third-order valence-electron chi connectivity index (χ3n) is 13.8. The number of ether oxygens (including phenoxy) is 4. The van der Waals surface area contributed by atoms with E-state index in [1.807, 2.05) is 0 Å². The lowest BCUT2D eigenvalue weighted by Gasteiger charge is -2.39. The zero-order valence-corrected chi connectivity index (χ0v) is 44.8. The molecule has 0 aromatic heterocycles. The van der Waals surface area contributed by atoms with Gasteiger partial charge < -0.3 is 39.4 Å². The summed E-state index contributed by atoms with van der Waals surface area (Å²) in [6.07, 6.45) is 52.1. The molecule has 10 nitrogen and oxygen atoms in total. The standard InChI is InChI=1S/C59H110O10/c1-3-5-7-9-11-13-15-17-19-21-23-25-26-28-30-32-34-36-38-40-42-44-46-48-55(62)68-52(51-67-59-58(65)57(64)56(63)53(49-60)69-59)50-66-54(61)47-45-43-41-39-37-35-33-31-29-27-24-22-20-18-16-14-12-10-8-6-4-2/h32,34,40,42,52-53,56-60,63-65H,3-31,33,35-39,41,43-51H2,1-2H3/b34-32+,42-40+/t52-,53-,56+,57?,58?,59-/m1/s1. The van der Waals surface area contributed by atoms with Crippen molar-refractivity contribution in [1.82, 2.24) is 0 Å². The monoisotopic (exact) mass is 979 g/mol. The maximum absolute atomic E-state index is 12.9. The van der Waals surface area contributed by atoms with E-state index < -0.39 is 49.4 Å². The summed E-state index contributed by atoms with van der Waals surface area (Å²) in [6, 6.07) is 0. The number of rotatable bonds is 51. The zero-order chi connectivity index (χ0) is 50.1. The summed E-state index contributed by atoms with van der Waals surface area (Å²) in [4.78, 5) is 25.5. The fourth-order valence-corrected chi connectivity index (χ4v) is 9.21. The summed E-state index contributed by atoms with van der Waals surface area (Å²) < 4.78 is 22.3. The summed E-state index contributed by atoms with van der Waals surface area (Å²) in [5, 5.41) is 40.3. The highest BCUT2D eigenvalue weighted by Crippen LogP contribution is 2.23. The van der Waals surface area contributed by atoms with Crippen molar-refractivity contribution in [2.24, 2.45) is 0 Å². The van der Waals surface area contributed by atoms with E-state index in [9.17, 15) is 30.0 Å². The normalized spacial score (nSPS) is 19.0. The molecule has 0 radical (unpaired) electrons. The minimum atomic E-state index is -1.60. The van der Waals surface area contributed by atoms with Crippen LogP contribution in [0.2, 0.25) is 0 Å². The van der Waals surface area contributed by atoms with E-state index in [0.717, 1.165) is 44.9 Å². The van der Waals surface area contributed by atoms with Crippen molar-refractivity contribution in [3.63, 3.8) is 0 Å². The van der Waals surface area contributed by atoms with Crippen molar-refractivity contribution in [2.75, 3.05) is 19.8 Å². The van der Waals surface area contributed by atoms with Crippen LogP contribution in [-0.4, -0.2) is 89.0 Å². The second-order valence-electron chi connectivity index (χ2n) is 20.4. The first kappa shape index (κ1) is 65.2. The molecule has 1 aliphatic heterocycles. The minimum absolute atomic E-state index is 0.174. The molecule has 0 aromatic rings. The van der Waals surface area contributed by atoms with E-state index in [2.05, 4.69) is 38.2 Å². The van der Waals surface area contributed by atoms with Crippen molar-refractivity contribution < 1.29 is 49.0 Å². The Labute approximate surface area is 423 Å². The van der Waals surface area contributed by atoms with Gasteiger partial charge in [-0.3, -0.25) is 9.59 Å². The molecule has 69 heavy (non-hydrogen) atoms. The number of aliphatic hydroxyl groups is 4. The fraction of sp³-hybridized carbons (Fsp3) is 0.898. The van der Waals surface area contributed by atoms with Gasteiger partial charge in [0.25, 0.3) is 0 Å². The van der Waals surface area contributed by atoms with Gasteiger partial charge in [0.05, 0.1) is 13.2 Å². The summed E-state index contributed by atoms with van der Waals surface area (Å²) >= 11 is 0. The van der Waals surface area contributed by atoms with Crippen LogP contribution in [0.25, 0.3) is 0 Å². The maximum atomic E-state index is 12.9. The van der Waals surface area contributed by atoms with Crippen molar-refractivity contribution in [3.8, 4) is 0 Å². The predicted molar refractivity (Wildman–Crippen MR) is 284 cm³/mol. The van der Waals surface area contributed by atoms with Gasteiger partial charge in [-0.15, -0.1) is 0 Å². The molecule has 4 N–H and O–H groups in total. The topological polar surface area (TPSA) is 152 Å². The number of carbonyl (C=O) groups excluding carboxylic acids is 2. The van der Waals surface area contributed by atoms with Crippen LogP contribution in [0.1, 0.15) is 284 Å². The first-order valence-corrected chi connectivity index (χ1v) is 29.4. The van der Waals surface area contributed by atoms with E-state index in [1.54, 1.807) is 0 Å². The third kappa shape index (κ3) is 40.4. The van der Waals surface area contributed by atoms with Crippen LogP contribution in [0.15, 0.2) is 24.3 Å². The van der Waals surface area contributed by atoms with Gasteiger partial charge >= 0.3 is 11.9 Å². The quantitative estimate of drug-likeness (QED) is 0.0263. The number of carbonyl (C=O) groups is 2. The lowest BCUT2D eigenvalue weighted by molar-refractivity contribution is -0.305. The SMILES string of the molecule is CCCCCCCCCCCCCCCC/C=C/CC/C=C/CCCC(=O)O[C@H](COC(=O)CCCCCCCCCCCCCCCCCCCCCCC)CO[C@@H]1O[C@H](CO)[C@H](O)C(O)C1O. The van der Waals surface area contributed by atoms with E-state index in [0.29, 0.717) is 6.42 Å².